The molecule has 0 spiro atoms. The first-order chi connectivity index (χ1) is 13.4. The lowest BCUT2D eigenvalue weighted by Gasteiger charge is -2.15. The maximum absolute atomic E-state index is 13.2. The number of nitrogens with zero attached hydrogens (tertiary/aromatic N) is 5. The van der Waals surface area contributed by atoms with Gasteiger partial charge in [0.1, 0.15) is 11.6 Å². The number of aryl methyl sites for hydroxylation is 1. The number of carbonyl (C=O) groups is 1. The Morgan fingerprint density at radius 2 is 2.14 bits per heavy atom. The average Bonchev–Trinajstić information content (AvgIpc) is 3.29. The van der Waals surface area contributed by atoms with Crippen LogP contribution in [0.5, 0.6) is 5.75 Å². The van der Waals surface area contributed by atoms with Gasteiger partial charge in [-0.15, -0.1) is 0 Å². The van der Waals surface area contributed by atoms with Crippen LogP contribution in [-0.4, -0.2) is 37.4 Å². The fourth-order valence-corrected chi connectivity index (χ4v) is 2.91. The van der Waals surface area contributed by atoms with E-state index in [1.54, 1.807) is 30.4 Å². The number of rotatable bonds is 7. The zero-order valence-electron chi connectivity index (χ0n) is 15.9. The van der Waals surface area contributed by atoms with Crippen molar-refractivity contribution in [2.45, 2.75) is 33.7 Å². The van der Waals surface area contributed by atoms with Crippen molar-refractivity contribution >= 4 is 17.5 Å². The molecule has 0 aliphatic heterocycles. The molecule has 0 aliphatic rings. The van der Waals surface area contributed by atoms with Gasteiger partial charge in [0.05, 0.1) is 11.2 Å². The van der Waals surface area contributed by atoms with E-state index in [4.69, 9.17) is 16.3 Å². The molecule has 148 valence electrons. The monoisotopic (exact) mass is 405 g/mol. The van der Waals surface area contributed by atoms with Gasteiger partial charge >= 0.3 is 0 Å². The van der Waals surface area contributed by atoms with Gasteiger partial charge in [0.25, 0.3) is 5.91 Å². The molecule has 9 heteroatoms. The van der Waals surface area contributed by atoms with Crippen molar-refractivity contribution < 1.29 is 13.9 Å². The Morgan fingerprint density at radius 3 is 2.82 bits per heavy atom. The molecule has 0 N–H and O–H groups in total. The number of amides is 1. The molecule has 2 heterocycles. The summed E-state index contributed by atoms with van der Waals surface area (Å²) < 4.78 is 22.1. The SMILES string of the molecule is CCn1ncc(CN(C)C(=O)c2ccn(COc3ccc(F)c(Cl)c3)n2)c1C. The Balaban J connectivity index is 1.61. The molecule has 1 aromatic carbocycles. The van der Waals surface area contributed by atoms with Crippen LogP contribution in [0.15, 0.2) is 36.7 Å². The summed E-state index contributed by atoms with van der Waals surface area (Å²) in [6.45, 7) is 5.31. The van der Waals surface area contributed by atoms with Crippen LogP contribution in [0.3, 0.4) is 0 Å². The summed E-state index contributed by atoms with van der Waals surface area (Å²) in [5, 5.41) is 8.53. The highest BCUT2D eigenvalue weighted by molar-refractivity contribution is 6.30. The minimum absolute atomic E-state index is 0.0165. The van der Waals surface area contributed by atoms with Gasteiger partial charge in [-0.3, -0.25) is 9.48 Å². The van der Waals surface area contributed by atoms with E-state index in [1.165, 1.54) is 22.9 Å². The lowest BCUT2D eigenvalue weighted by molar-refractivity contribution is 0.0777. The fraction of sp³-hybridized carbons (Fsp3) is 0.316. The van der Waals surface area contributed by atoms with E-state index >= 15 is 0 Å². The van der Waals surface area contributed by atoms with Crippen LogP contribution in [0.25, 0.3) is 0 Å². The van der Waals surface area contributed by atoms with Crippen molar-refractivity contribution in [3.05, 3.63) is 64.5 Å². The second-order valence-corrected chi connectivity index (χ2v) is 6.73. The highest BCUT2D eigenvalue weighted by Gasteiger charge is 2.17. The van der Waals surface area contributed by atoms with E-state index < -0.39 is 5.82 Å². The maximum Gasteiger partial charge on any atom is 0.274 e. The molecule has 0 atom stereocenters. The molecule has 0 radical (unpaired) electrons. The number of halogens is 2. The summed E-state index contributed by atoms with van der Waals surface area (Å²) in [6, 6.07) is 5.72. The number of aromatic nitrogens is 4. The summed E-state index contributed by atoms with van der Waals surface area (Å²) >= 11 is 5.73. The zero-order valence-corrected chi connectivity index (χ0v) is 16.6. The van der Waals surface area contributed by atoms with Gasteiger partial charge in [-0.2, -0.15) is 10.2 Å². The van der Waals surface area contributed by atoms with Gasteiger partial charge in [-0.25, -0.2) is 9.07 Å². The first-order valence-corrected chi connectivity index (χ1v) is 9.15. The van der Waals surface area contributed by atoms with Crippen molar-refractivity contribution in [1.82, 2.24) is 24.5 Å². The molecule has 2 aromatic heterocycles. The van der Waals surface area contributed by atoms with Crippen LogP contribution in [0, 0.1) is 12.7 Å². The van der Waals surface area contributed by atoms with Crippen LogP contribution in [0.1, 0.15) is 28.7 Å². The predicted octanol–water partition coefficient (Wildman–Crippen LogP) is 3.51. The van der Waals surface area contributed by atoms with Gasteiger partial charge in [-0.05, 0) is 32.0 Å². The summed E-state index contributed by atoms with van der Waals surface area (Å²) in [4.78, 5) is 14.2. The molecule has 3 aromatic rings. The fourth-order valence-electron chi connectivity index (χ4n) is 2.74. The largest absolute Gasteiger partial charge is 0.471 e. The number of benzene rings is 1. The standard InChI is InChI=1S/C19H21ClFN5O2/c1-4-26-13(2)14(10-22-26)11-24(3)19(27)18-7-8-25(23-18)12-28-15-5-6-17(21)16(20)9-15/h5-10H,4,11-12H2,1-3H3. The molecule has 0 bridgehead atoms. The van der Waals surface area contributed by atoms with Crippen LogP contribution in [0.2, 0.25) is 5.02 Å². The third-order valence-electron chi connectivity index (χ3n) is 4.37. The van der Waals surface area contributed by atoms with E-state index in [2.05, 4.69) is 10.2 Å². The van der Waals surface area contributed by atoms with Crippen LogP contribution >= 0.6 is 11.6 Å². The maximum atomic E-state index is 13.2. The van der Waals surface area contributed by atoms with E-state index in [0.717, 1.165) is 17.8 Å². The molecule has 3 rings (SSSR count). The third kappa shape index (κ3) is 4.33. The van der Waals surface area contributed by atoms with Crippen LogP contribution in [-0.2, 0) is 19.8 Å². The van der Waals surface area contributed by atoms with Gasteiger partial charge in [-0.1, -0.05) is 11.6 Å². The van der Waals surface area contributed by atoms with E-state index in [-0.39, 0.29) is 17.7 Å². The van der Waals surface area contributed by atoms with Crippen molar-refractivity contribution in [1.29, 1.82) is 0 Å². The molecular weight excluding hydrogens is 385 g/mol. The van der Waals surface area contributed by atoms with E-state index in [0.29, 0.717) is 18.0 Å². The second kappa shape index (κ2) is 8.43. The summed E-state index contributed by atoms with van der Waals surface area (Å²) in [6.07, 6.45) is 3.43. The second-order valence-electron chi connectivity index (χ2n) is 6.32. The average molecular weight is 406 g/mol. The highest BCUT2D eigenvalue weighted by atomic mass is 35.5. The molecule has 0 fully saturated rings. The molecule has 0 unspecified atom stereocenters. The minimum Gasteiger partial charge on any atom is -0.471 e. The summed E-state index contributed by atoms with van der Waals surface area (Å²) in [5.74, 6) is -0.300. The molecule has 28 heavy (non-hydrogen) atoms. The van der Waals surface area contributed by atoms with Crippen molar-refractivity contribution in [3.63, 3.8) is 0 Å². The molecule has 7 nitrogen and oxygen atoms in total. The Labute approximate surface area is 167 Å². The first kappa shape index (κ1) is 19.9. The third-order valence-corrected chi connectivity index (χ3v) is 4.66. The van der Waals surface area contributed by atoms with Crippen LogP contribution < -0.4 is 4.74 Å². The van der Waals surface area contributed by atoms with Crippen LogP contribution in [0.4, 0.5) is 4.39 Å². The number of hydrogen-bond acceptors (Lipinski definition) is 4. The van der Waals surface area contributed by atoms with Crippen molar-refractivity contribution in [2.24, 2.45) is 0 Å². The van der Waals surface area contributed by atoms with Gasteiger partial charge in [0, 0.05) is 43.7 Å². The molecular formula is C19H21ClFN5O2. The normalized spacial score (nSPS) is 10.9. The Kier molecular flexibility index (Phi) is 5.99. The number of hydrogen-bond donors (Lipinski definition) is 0. The topological polar surface area (TPSA) is 65.2 Å². The first-order valence-electron chi connectivity index (χ1n) is 8.77. The van der Waals surface area contributed by atoms with Gasteiger partial charge in [0.2, 0.25) is 0 Å². The quantitative estimate of drug-likeness (QED) is 0.603. The van der Waals surface area contributed by atoms with Crippen molar-refractivity contribution in [3.8, 4) is 5.75 Å². The molecule has 0 saturated heterocycles. The van der Waals surface area contributed by atoms with Crippen molar-refractivity contribution in [2.75, 3.05) is 7.05 Å². The number of ether oxygens (including phenoxy) is 1. The Bertz CT molecular complexity index is 985. The van der Waals surface area contributed by atoms with Gasteiger partial charge < -0.3 is 9.64 Å². The smallest absolute Gasteiger partial charge is 0.274 e. The molecule has 1 amide bonds. The predicted molar refractivity (Wildman–Crippen MR) is 103 cm³/mol. The lowest BCUT2D eigenvalue weighted by atomic mass is 10.2. The molecule has 0 aliphatic carbocycles. The summed E-state index contributed by atoms with van der Waals surface area (Å²) in [5.41, 5.74) is 2.34. The molecule has 0 saturated carbocycles. The van der Waals surface area contributed by atoms with Gasteiger partial charge in [0.15, 0.2) is 12.4 Å². The highest BCUT2D eigenvalue weighted by Crippen LogP contribution is 2.21. The Hall–Kier alpha value is -2.87. The van der Waals surface area contributed by atoms with E-state index in [1.807, 2.05) is 18.5 Å². The Morgan fingerprint density at radius 1 is 1.36 bits per heavy atom. The number of carbonyl (C=O) groups excluding carboxylic acids is 1. The summed E-state index contributed by atoms with van der Waals surface area (Å²) in [7, 11) is 1.72. The minimum atomic E-state index is -0.510. The van der Waals surface area contributed by atoms with E-state index in [9.17, 15) is 9.18 Å². The zero-order chi connectivity index (χ0) is 20.3. The lowest BCUT2D eigenvalue weighted by Crippen LogP contribution is -2.27.